The third kappa shape index (κ3) is 4.17. The number of rotatable bonds is 3. The molecule has 2 saturated heterocycles. The van der Waals surface area contributed by atoms with Crippen LogP contribution in [0.3, 0.4) is 0 Å². The van der Waals surface area contributed by atoms with Crippen molar-refractivity contribution in [3.8, 4) is 0 Å². The van der Waals surface area contributed by atoms with Crippen molar-refractivity contribution in [2.75, 3.05) is 33.2 Å². The summed E-state index contributed by atoms with van der Waals surface area (Å²) < 4.78 is 0. The lowest BCUT2D eigenvalue weighted by Crippen LogP contribution is -2.47. The van der Waals surface area contributed by atoms with Gasteiger partial charge in [-0.15, -0.1) is 0 Å². The molecule has 3 rings (SSSR count). The summed E-state index contributed by atoms with van der Waals surface area (Å²) in [6.45, 7) is 5.04. The highest BCUT2D eigenvalue weighted by atomic mass is 35.5. The summed E-state index contributed by atoms with van der Waals surface area (Å²) in [5, 5.41) is 1.34. The van der Waals surface area contributed by atoms with Crippen LogP contribution in [0.4, 0.5) is 0 Å². The van der Waals surface area contributed by atoms with Gasteiger partial charge < -0.3 is 9.80 Å². The van der Waals surface area contributed by atoms with Crippen LogP contribution in [0.1, 0.15) is 31.2 Å². The average Bonchev–Trinajstić information content (AvgIpc) is 2.53. The lowest BCUT2D eigenvalue weighted by Gasteiger charge is -2.41. The standard InChI is InChI=1S/C18H26Cl2N2/c1-21-8-6-16(7-9-21)22-10-4-14(5-11-22)12-15-2-3-17(19)18(20)13-15/h2-3,13-14,16H,4-12H2,1H3. The molecule has 0 spiro atoms. The zero-order valence-electron chi connectivity index (χ0n) is 13.4. The summed E-state index contributed by atoms with van der Waals surface area (Å²) in [4.78, 5) is 5.19. The smallest absolute Gasteiger partial charge is 0.0595 e. The Morgan fingerprint density at radius 3 is 2.27 bits per heavy atom. The molecule has 2 fully saturated rings. The van der Waals surface area contributed by atoms with Gasteiger partial charge in [-0.05, 0) is 88.9 Å². The number of halogens is 2. The second-order valence-corrected chi connectivity index (χ2v) is 7.78. The lowest BCUT2D eigenvalue weighted by molar-refractivity contribution is 0.0855. The van der Waals surface area contributed by atoms with Crippen LogP contribution < -0.4 is 0 Å². The zero-order valence-corrected chi connectivity index (χ0v) is 14.9. The molecule has 4 heteroatoms. The van der Waals surface area contributed by atoms with Crippen molar-refractivity contribution in [3.63, 3.8) is 0 Å². The van der Waals surface area contributed by atoms with E-state index in [2.05, 4.69) is 22.9 Å². The van der Waals surface area contributed by atoms with Crippen molar-refractivity contribution in [2.45, 2.75) is 38.1 Å². The van der Waals surface area contributed by atoms with Gasteiger partial charge in [-0.2, -0.15) is 0 Å². The Kier molecular flexibility index (Phi) is 5.67. The minimum absolute atomic E-state index is 0.655. The second-order valence-electron chi connectivity index (χ2n) is 6.97. The monoisotopic (exact) mass is 340 g/mol. The first-order valence-electron chi connectivity index (χ1n) is 8.48. The quantitative estimate of drug-likeness (QED) is 0.807. The van der Waals surface area contributed by atoms with Gasteiger partial charge in [-0.3, -0.25) is 0 Å². The molecule has 0 radical (unpaired) electrons. The van der Waals surface area contributed by atoms with Crippen LogP contribution in [0, 0.1) is 5.92 Å². The third-order valence-electron chi connectivity index (χ3n) is 5.36. The Morgan fingerprint density at radius 2 is 1.64 bits per heavy atom. The van der Waals surface area contributed by atoms with Crippen molar-refractivity contribution in [3.05, 3.63) is 33.8 Å². The molecule has 0 saturated carbocycles. The topological polar surface area (TPSA) is 6.48 Å². The molecule has 0 N–H and O–H groups in total. The van der Waals surface area contributed by atoms with E-state index in [1.54, 1.807) is 0 Å². The fourth-order valence-corrected chi connectivity index (χ4v) is 4.20. The van der Waals surface area contributed by atoms with Crippen molar-refractivity contribution >= 4 is 23.2 Å². The molecule has 0 aromatic heterocycles. The highest BCUT2D eigenvalue weighted by molar-refractivity contribution is 6.42. The highest BCUT2D eigenvalue weighted by Crippen LogP contribution is 2.28. The average molecular weight is 341 g/mol. The fourth-order valence-electron chi connectivity index (χ4n) is 3.88. The minimum Gasteiger partial charge on any atom is -0.306 e. The third-order valence-corrected chi connectivity index (χ3v) is 6.10. The van der Waals surface area contributed by atoms with E-state index in [0.717, 1.165) is 18.4 Å². The van der Waals surface area contributed by atoms with E-state index in [1.165, 1.54) is 57.4 Å². The van der Waals surface area contributed by atoms with Crippen LogP contribution in [-0.2, 0) is 6.42 Å². The Bertz CT molecular complexity index is 490. The van der Waals surface area contributed by atoms with Crippen LogP contribution in [0.2, 0.25) is 10.0 Å². The number of hydrogen-bond donors (Lipinski definition) is 0. The summed E-state index contributed by atoms with van der Waals surface area (Å²) >= 11 is 12.1. The van der Waals surface area contributed by atoms with Gasteiger partial charge >= 0.3 is 0 Å². The zero-order chi connectivity index (χ0) is 15.5. The molecule has 0 atom stereocenters. The van der Waals surface area contributed by atoms with Gasteiger partial charge in [0.05, 0.1) is 10.0 Å². The van der Waals surface area contributed by atoms with E-state index in [0.29, 0.717) is 10.0 Å². The van der Waals surface area contributed by atoms with E-state index in [-0.39, 0.29) is 0 Å². The molecule has 2 aliphatic rings. The molecule has 0 aliphatic carbocycles. The van der Waals surface area contributed by atoms with E-state index < -0.39 is 0 Å². The second kappa shape index (κ2) is 7.53. The molecule has 2 aliphatic heterocycles. The maximum atomic E-state index is 6.12. The Balaban J connectivity index is 1.48. The van der Waals surface area contributed by atoms with Gasteiger partial charge in [0, 0.05) is 6.04 Å². The van der Waals surface area contributed by atoms with Crippen LogP contribution in [0.15, 0.2) is 18.2 Å². The first kappa shape index (κ1) is 16.6. The molecule has 1 aromatic carbocycles. The first-order chi connectivity index (χ1) is 10.6. The summed E-state index contributed by atoms with van der Waals surface area (Å²) in [7, 11) is 2.24. The highest BCUT2D eigenvalue weighted by Gasteiger charge is 2.27. The van der Waals surface area contributed by atoms with Crippen molar-refractivity contribution in [1.82, 2.24) is 9.80 Å². The largest absolute Gasteiger partial charge is 0.306 e. The van der Waals surface area contributed by atoms with Crippen molar-refractivity contribution in [2.24, 2.45) is 5.92 Å². The molecule has 0 amide bonds. The van der Waals surface area contributed by atoms with Crippen LogP contribution in [0.5, 0.6) is 0 Å². The summed E-state index contributed by atoms with van der Waals surface area (Å²) in [6.07, 6.45) is 6.44. The number of piperidine rings is 2. The van der Waals surface area contributed by atoms with Gasteiger partial charge in [-0.1, -0.05) is 29.3 Å². The van der Waals surface area contributed by atoms with Crippen LogP contribution in [0.25, 0.3) is 0 Å². The number of hydrogen-bond acceptors (Lipinski definition) is 2. The molecular weight excluding hydrogens is 315 g/mol. The Labute approximate surface area is 144 Å². The van der Waals surface area contributed by atoms with Crippen LogP contribution in [-0.4, -0.2) is 49.1 Å². The van der Waals surface area contributed by atoms with E-state index in [9.17, 15) is 0 Å². The lowest BCUT2D eigenvalue weighted by atomic mass is 9.88. The predicted octanol–water partition coefficient (Wildman–Crippen LogP) is 4.34. The predicted molar refractivity (Wildman–Crippen MR) is 95.0 cm³/mol. The van der Waals surface area contributed by atoms with Gasteiger partial charge in [0.2, 0.25) is 0 Å². The molecule has 22 heavy (non-hydrogen) atoms. The molecule has 1 aromatic rings. The fraction of sp³-hybridized carbons (Fsp3) is 0.667. The van der Waals surface area contributed by atoms with E-state index in [1.807, 2.05) is 12.1 Å². The number of nitrogens with zero attached hydrogens (tertiary/aromatic N) is 2. The SMILES string of the molecule is CN1CCC(N2CCC(Cc3ccc(Cl)c(Cl)c3)CC2)CC1. The molecule has 0 unspecified atom stereocenters. The molecule has 0 bridgehead atoms. The Morgan fingerprint density at radius 1 is 0.955 bits per heavy atom. The summed E-state index contributed by atoms with van der Waals surface area (Å²) in [5.74, 6) is 0.791. The van der Waals surface area contributed by atoms with E-state index >= 15 is 0 Å². The van der Waals surface area contributed by atoms with Gasteiger partial charge in [0.15, 0.2) is 0 Å². The maximum absolute atomic E-state index is 6.12. The number of benzene rings is 1. The molecular formula is C18H26Cl2N2. The van der Waals surface area contributed by atoms with Crippen LogP contribution >= 0.6 is 23.2 Å². The van der Waals surface area contributed by atoms with Gasteiger partial charge in [0.25, 0.3) is 0 Å². The number of likely N-dealkylation sites (tertiary alicyclic amines) is 2. The normalized spacial score (nSPS) is 23.0. The van der Waals surface area contributed by atoms with E-state index in [4.69, 9.17) is 23.2 Å². The molecule has 122 valence electrons. The maximum Gasteiger partial charge on any atom is 0.0595 e. The molecule has 2 heterocycles. The Hall–Kier alpha value is -0.280. The summed E-state index contributed by atoms with van der Waals surface area (Å²) in [5.41, 5.74) is 1.33. The van der Waals surface area contributed by atoms with Crippen molar-refractivity contribution < 1.29 is 0 Å². The van der Waals surface area contributed by atoms with Gasteiger partial charge in [-0.25, -0.2) is 0 Å². The minimum atomic E-state index is 0.655. The summed E-state index contributed by atoms with van der Waals surface area (Å²) in [6, 6.07) is 6.90. The van der Waals surface area contributed by atoms with Gasteiger partial charge in [0.1, 0.15) is 0 Å². The molecule has 2 nitrogen and oxygen atoms in total. The van der Waals surface area contributed by atoms with Crippen molar-refractivity contribution in [1.29, 1.82) is 0 Å². The first-order valence-corrected chi connectivity index (χ1v) is 9.24.